The molecule has 0 saturated carbocycles. The van der Waals surface area contributed by atoms with Gasteiger partial charge in [0.05, 0.1) is 27.3 Å². The Morgan fingerprint density at radius 1 is 1.20 bits per heavy atom. The molecule has 20 heavy (non-hydrogen) atoms. The van der Waals surface area contributed by atoms with Crippen molar-refractivity contribution in [2.24, 2.45) is 0 Å². The largest absolute Gasteiger partial charge is 0.378 e. The molecule has 2 aliphatic heterocycles. The van der Waals surface area contributed by atoms with E-state index in [0.717, 1.165) is 19.6 Å². The summed E-state index contributed by atoms with van der Waals surface area (Å²) in [5.74, 6) is 0. The van der Waals surface area contributed by atoms with Crippen LogP contribution in [0.2, 0.25) is 19.6 Å². The molecule has 0 spiro atoms. The first kappa shape index (κ1) is 14.1. The number of benzene rings is 1. The zero-order chi connectivity index (χ0) is 14.3. The lowest BCUT2D eigenvalue weighted by molar-refractivity contribution is -0.0221. The highest BCUT2D eigenvalue weighted by Gasteiger charge is 2.32. The summed E-state index contributed by atoms with van der Waals surface area (Å²) in [7, 11) is 0.993. The van der Waals surface area contributed by atoms with Crippen LogP contribution in [0.25, 0.3) is 5.57 Å². The monoisotopic (exact) mass is 287 g/mol. The molecule has 2 nitrogen and oxygen atoms in total. The molecule has 3 rings (SSSR count). The van der Waals surface area contributed by atoms with Gasteiger partial charge in [0.25, 0.3) is 0 Å². The maximum atomic E-state index is 5.69. The van der Waals surface area contributed by atoms with Crippen LogP contribution < -0.4 is 5.19 Å². The topological polar surface area (TPSA) is 12.5 Å². The third-order valence-electron chi connectivity index (χ3n) is 4.65. The molecule has 0 N–H and O–H groups in total. The molecule has 1 aromatic carbocycles. The van der Waals surface area contributed by atoms with Gasteiger partial charge < -0.3 is 4.74 Å². The molecular formula is C17H25NOSi. The summed E-state index contributed by atoms with van der Waals surface area (Å²) >= 11 is 0. The van der Waals surface area contributed by atoms with Crippen molar-refractivity contribution in [2.75, 3.05) is 20.3 Å². The number of rotatable bonds is 2. The quantitative estimate of drug-likeness (QED) is 0.776. The predicted octanol–water partition coefficient (Wildman–Crippen LogP) is 2.72. The number of morpholine rings is 1. The van der Waals surface area contributed by atoms with Crippen LogP contribution in [0, 0.1) is 0 Å². The predicted molar refractivity (Wildman–Crippen MR) is 88.2 cm³/mol. The van der Waals surface area contributed by atoms with Crippen molar-refractivity contribution in [3.05, 3.63) is 35.9 Å². The van der Waals surface area contributed by atoms with Crippen molar-refractivity contribution in [3.63, 3.8) is 0 Å². The van der Waals surface area contributed by atoms with Crippen LogP contribution in [0.3, 0.4) is 0 Å². The second kappa shape index (κ2) is 5.13. The van der Waals surface area contributed by atoms with Gasteiger partial charge in [-0.05, 0) is 24.6 Å². The van der Waals surface area contributed by atoms with Crippen molar-refractivity contribution in [3.8, 4) is 0 Å². The molecule has 0 radical (unpaired) electrons. The Morgan fingerprint density at radius 2 is 2.00 bits per heavy atom. The zero-order valence-corrected chi connectivity index (χ0v) is 14.0. The molecule has 0 aliphatic carbocycles. The zero-order valence-electron chi connectivity index (χ0n) is 13.0. The maximum Gasteiger partial charge on any atom is 0.0776 e. The Kier molecular flexibility index (Phi) is 3.61. The first-order chi connectivity index (χ1) is 9.45. The van der Waals surface area contributed by atoms with Crippen molar-refractivity contribution in [1.29, 1.82) is 0 Å². The molecule has 1 saturated heterocycles. The third-order valence-corrected chi connectivity index (χ3v) is 6.69. The van der Waals surface area contributed by atoms with E-state index in [2.05, 4.69) is 61.9 Å². The van der Waals surface area contributed by atoms with Crippen molar-refractivity contribution in [2.45, 2.75) is 38.1 Å². The Labute approximate surface area is 123 Å². The molecule has 2 atom stereocenters. The smallest absolute Gasteiger partial charge is 0.0776 e. The lowest BCUT2D eigenvalue weighted by Crippen LogP contribution is -2.51. The van der Waals surface area contributed by atoms with Gasteiger partial charge in [0.2, 0.25) is 0 Å². The van der Waals surface area contributed by atoms with Crippen LogP contribution in [0.15, 0.2) is 30.3 Å². The average Bonchev–Trinajstić information content (AvgIpc) is 2.37. The van der Waals surface area contributed by atoms with Gasteiger partial charge in [-0.3, -0.25) is 4.90 Å². The molecule has 2 bridgehead atoms. The average molecular weight is 287 g/mol. The van der Waals surface area contributed by atoms with Gasteiger partial charge in [-0.2, -0.15) is 0 Å². The fraction of sp³-hybridized carbons (Fsp3) is 0.529. The van der Waals surface area contributed by atoms with Crippen molar-refractivity contribution >= 4 is 18.8 Å². The molecule has 2 aliphatic rings. The summed E-state index contributed by atoms with van der Waals surface area (Å²) < 4.78 is 5.69. The number of nitrogens with zero attached hydrogens (tertiary/aromatic N) is 1. The van der Waals surface area contributed by atoms with Gasteiger partial charge in [0.1, 0.15) is 0 Å². The second-order valence-electron chi connectivity index (χ2n) is 7.15. The highest BCUT2D eigenvalue weighted by molar-refractivity contribution is 6.88. The minimum absolute atomic E-state index is 0.452. The number of ether oxygens (including phenoxy) is 1. The summed E-state index contributed by atoms with van der Waals surface area (Å²) in [4.78, 5) is 2.47. The SMILES string of the molecule is CN1C2C=C(c3cccc([Si](C)(C)C)c3)CC1COC2. The Balaban J connectivity index is 1.94. The standard InChI is InChI=1S/C17H25NOSi/c1-18-15-8-14(9-16(18)12-19-11-15)13-6-5-7-17(10-13)20(2,3)4/h5-8,10,15-16H,9,11-12H2,1-4H3. The third kappa shape index (κ3) is 2.62. The molecule has 2 heterocycles. The molecule has 108 valence electrons. The van der Waals surface area contributed by atoms with E-state index in [-0.39, 0.29) is 0 Å². The fourth-order valence-electron chi connectivity index (χ4n) is 3.15. The van der Waals surface area contributed by atoms with Crippen LogP contribution in [0.5, 0.6) is 0 Å². The second-order valence-corrected chi connectivity index (χ2v) is 12.2. The molecule has 1 aromatic rings. The number of fused-ring (bicyclic) bond motifs is 2. The van der Waals surface area contributed by atoms with E-state index in [1.54, 1.807) is 5.19 Å². The minimum atomic E-state index is -1.23. The molecule has 2 unspecified atom stereocenters. The summed E-state index contributed by atoms with van der Waals surface area (Å²) in [6.45, 7) is 8.95. The van der Waals surface area contributed by atoms with Crippen LogP contribution in [-0.2, 0) is 4.74 Å². The van der Waals surface area contributed by atoms with Gasteiger partial charge in [-0.1, -0.05) is 55.2 Å². The van der Waals surface area contributed by atoms with Crippen LogP contribution in [0.1, 0.15) is 12.0 Å². The van der Waals surface area contributed by atoms with E-state index in [0.29, 0.717) is 12.1 Å². The van der Waals surface area contributed by atoms with Crippen LogP contribution in [-0.4, -0.2) is 45.3 Å². The van der Waals surface area contributed by atoms with E-state index in [4.69, 9.17) is 4.74 Å². The Morgan fingerprint density at radius 3 is 2.70 bits per heavy atom. The molecular weight excluding hydrogens is 262 g/mol. The van der Waals surface area contributed by atoms with Crippen LogP contribution >= 0.6 is 0 Å². The van der Waals surface area contributed by atoms with Gasteiger partial charge in [0.15, 0.2) is 0 Å². The highest BCUT2D eigenvalue weighted by Crippen LogP contribution is 2.31. The van der Waals surface area contributed by atoms with E-state index in [1.807, 2.05) is 0 Å². The summed E-state index contributed by atoms with van der Waals surface area (Å²) in [6.07, 6.45) is 3.53. The maximum absolute atomic E-state index is 5.69. The summed E-state index contributed by atoms with van der Waals surface area (Å²) in [5.41, 5.74) is 2.94. The highest BCUT2D eigenvalue weighted by atomic mass is 28.3. The molecule has 1 fully saturated rings. The molecule has 0 aromatic heterocycles. The normalized spacial score (nSPS) is 27.3. The number of likely N-dealkylation sites (N-methyl/N-ethyl adjacent to an activating group) is 1. The van der Waals surface area contributed by atoms with Gasteiger partial charge in [-0.25, -0.2) is 0 Å². The lowest BCUT2D eigenvalue weighted by atomic mass is 9.90. The summed E-state index contributed by atoms with van der Waals surface area (Å²) in [5, 5.41) is 1.55. The number of hydrogen-bond acceptors (Lipinski definition) is 2. The van der Waals surface area contributed by atoms with E-state index < -0.39 is 8.07 Å². The molecule has 0 amide bonds. The minimum Gasteiger partial charge on any atom is -0.378 e. The Bertz CT molecular complexity index is 532. The van der Waals surface area contributed by atoms with E-state index >= 15 is 0 Å². The van der Waals surface area contributed by atoms with Gasteiger partial charge in [-0.15, -0.1) is 0 Å². The van der Waals surface area contributed by atoms with E-state index in [9.17, 15) is 0 Å². The lowest BCUT2D eigenvalue weighted by Gasteiger charge is -2.42. The Hall–Kier alpha value is -0.903. The van der Waals surface area contributed by atoms with Gasteiger partial charge in [0, 0.05) is 6.04 Å². The van der Waals surface area contributed by atoms with Crippen LogP contribution in [0.4, 0.5) is 0 Å². The number of hydrogen-bond donors (Lipinski definition) is 0. The first-order valence-corrected chi connectivity index (χ1v) is 11.1. The fourth-order valence-corrected chi connectivity index (χ4v) is 4.34. The van der Waals surface area contributed by atoms with E-state index in [1.165, 1.54) is 11.1 Å². The first-order valence-electron chi connectivity index (χ1n) is 7.56. The molecule has 3 heteroatoms. The summed E-state index contributed by atoms with van der Waals surface area (Å²) in [6, 6.07) is 10.2. The van der Waals surface area contributed by atoms with Gasteiger partial charge >= 0.3 is 0 Å². The van der Waals surface area contributed by atoms with Crippen molar-refractivity contribution < 1.29 is 4.74 Å². The van der Waals surface area contributed by atoms with Crippen molar-refractivity contribution in [1.82, 2.24) is 4.90 Å².